The summed E-state index contributed by atoms with van der Waals surface area (Å²) in [5, 5.41) is 9.63. The molecule has 1 heterocycles. The Morgan fingerprint density at radius 2 is 2.11 bits per heavy atom. The SMILES string of the molecule is CC(NC(=O)Nc1ccn(C)n1)c1ccccc1Br. The van der Waals surface area contributed by atoms with E-state index in [9.17, 15) is 4.79 Å². The lowest BCUT2D eigenvalue weighted by molar-refractivity contribution is 0.249. The van der Waals surface area contributed by atoms with Crippen molar-refractivity contribution in [2.24, 2.45) is 7.05 Å². The van der Waals surface area contributed by atoms with E-state index in [1.165, 1.54) is 0 Å². The highest BCUT2D eigenvalue weighted by molar-refractivity contribution is 9.10. The molecule has 100 valence electrons. The van der Waals surface area contributed by atoms with Crippen LogP contribution in [0.2, 0.25) is 0 Å². The van der Waals surface area contributed by atoms with Crippen LogP contribution < -0.4 is 10.6 Å². The zero-order chi connectivity index (χ0) is 13.8. The molecule has 19 heavy (non-hydrogen) atoms. The van der Waals surface area contributed by atoms with E-state index in [0.717, 1.165) is 10.0 Å². The number of anilines is 1. The average Bonchev–Trinajstić information content (AvgIpc) is 2.74. The van der Waals surface area contributed by atoms with Crippen LogP contribution in [0.25, 0.3) is 0 Å². The van der Waals surface area contributed by atoms with Gasteiger partial charge in [0.15, 0.2) is 5.82 Å². The van der Waals surface area contributed by atoms with Gasteiger partial charge in [0.25, 0.3) is 0 Å². The Labute approximate surface area is 120 Å². The third kappa shape index (κ3) is 3.57. The maximum Gasteiger partial charge on any atom is 0.320 e. The summed E-state index contributed by atoms with van der Waals surface area (Å²) in [6.45, 7) is 1.93. The van der Waals surface area contributed by atoms with Crippen LogP contribution in [-0.4, -0.2) is 15.8 Å². The second-order valence-electron chi connectivity index (χ2n) is 4.22. The molecule has 2 amide bonds. The first-order chi connectivity index (χ1) is 9.06. The van der Waals surface area contributed by atoms with Gasteiger partial charge in [-0.2, -0.15) is 5.10 Å². The zero-order valence-electron chi connectivity index (χ0n) is 10.7. The van der Waals surface area contributed by atoms with Gasteiger partial charge in [0.2, 0.25) is 0 Å². The first-order valence-corrected chi connectivity index (χ1v) is 6.67. The van der Waals surface area contributed by atoms with Crippen LogP contribution in [0, 0.1) is 0 Å². The van der Waals surface area contributed by atoms with Gasteiger partial charge in [0.1, 0.15) is 0 Å². The van der Waals surface area contributed by atoms with E-state index < -0.39 is 0 Å². The van der Waals surface area contributed by atoms with E-state index in [2.05, 4.69) is 31.7 Å². The molecule has 0 bridgehead atoms. The lowest BCUT2D eigenvalue weighted by Gasteiger charge is -2.15. The number of rotatable bonds is 3. The molecule has 1 aromatic heterocycles. The molecule has 1 unspecified atom stereocenters. The minimum Gasteiger partial charge on any atom is -0.331 e. The molecule has 0 fully saturated rings. The number of nitrogens with zero attached hydrogens (tertiary/aromatic N) is 2. The molecule has 0 aliphatic rings. The molecule has 2 N–H and O–H groups in total. The second kappa shape index (κ2) is 5.88. The molecule has 1 atom stereocenters. The topological polar surface area (TPSA) is 59.0 Å². The number of nitrogens with one attached hydrogen (secondary N) is 2. The number of benzene rings is 1. The first-order valence-electron chi connectivity index (χ1n) is 5.88. The van der Waals surface area contributed by atoms with Gasteiger partial charge in [-0.25, -0.2) is 4.79 Å². The Morgan fingerprint density at radius 3 is 2.74 bits per heavy atom. The van der Waals surface area contributed by atoms with Gasteiger partial charge in [-0.1, -0.05) is 34.1 Å². The van der Waals surface area contributed by atoms with Crippen molar-refractivity contribution in [1.82, 2.24) is 15.1 Å². The summed E-state index contributed by atoms with van der Waals surface area (Å²) in [5.74, 6) is 0.527. The Balaban J connectivity index is 1.97. The van der Waals surface area contributed by atoms with Crippen molar-refractivity contribution in [3.05, 3.63) is 46.6 Å². The van der Waals surface area contributed by atoms with Gasteiger partial charge in [-0.15, -0.1) is 0 Å². The highest BCUT2D eigenvalue weighted by Crippen LogP contribution is 2.22. The van der Waals surface area contributed by atoms with E-state index >= 15 is 0 Å². The van der Waals surface area contributed by atoms with Gasteiger partial charge in [-0.05, 0) is 18.6 Å². The summed E-state index contributed by atoms with van der Waals surface area (Å²) in [4.78, 5) is 11.8. The van der Waals surface area contributed by atoms with Gasteiger partial charge in [-0.3, -0.25) is 10.00 Å². The summed E-state index contributed by atoms with van der Waals surface area (Å²) in [7, 11) is 1.80. The fraction of sp³-hybridized carbons (Fsp3) is 0.231. The smallest absolute Gasteiger partial charge is 0.320 e. The summed E-state index contributed by atoms with van der Waals surface area (Å²) in [6.07, 6.45) is 1.77. The molecule has 0 radical (unpaired) electrons. The summed E-state index contributed by atoms with van der Waals surface area (Å²) in [5.41, 5.74) is 1.03. The maximum atomic E-state index is 11.8. The first kappa shape index (κ1) is 13.6. The van der Waals surface area contributed by atoms with Crippen LogP contribution in [0.15, 0.2) is 41.0 Å². The number of hydrogen-bond donors (Lipinski definition) is 2. The highest BCUT2D eigenvalue weighted by Gasteiger charge is 2.12. The van der Waals surface area contributed by atoms with Crippen molar-refractivity contribution >= 4 is 27.8 Å². The predicted molar refractivity (Wildman–Crippen MR) is 77.9 cm³/mol. The van der Waals surface area contributed by atoms with Gasteiger partial charge >= 0.3 is 6.03 Å². The number of carbonyl (C=O) groups excluding carboxylic acids is 1. The Kier molecular flexibility index (Phi) is 4.21. The lowest BCUT2D eigenvalue weighted by atomic mass is 10.1. The molecule has 0 aliphatic heterocycles. The van der Waals surface area contributed by atoms with Gasteiger partial charge in [0, 0.05) is 23.8 Å². The largest absolute Gasteiger partial charge is 0.331 e. The number of halogens is 1. The standard InChI is InChI=1S/C13H15BrN4O/c1-9(10-5-3-4-6-11(10)14)15-13(19)16-12-7-8-18(2)17-12/h3-9H,1-2H3,(H2,15,16,17,19). The van der Waals surface area contributed by atoms with Crippen LogP contribution in [0.3, 0.4) is 0 Å². The fourth-order valence-electron chi connectivity index (χ4n) is 1.73. The second-order valence-corrected chi connectivity index (χ2v) is 5.07. The molecule has 0 saturated carbocycles. The van der Waals surface area contributed by atoms with Crippen LogP contribution in [0.5, 0.6) is 0 Å². The molecule has 6 heteroatoms. The number of aryl methyl sites for hydroxylation is 1. The molecular weight excluding hydrogens is 308 g/mol. The average molecular weight is 323 g/mol. The Hall–Kier alpha value is -1.82. The number of amides is 2. The van der Waals surface area contributed by atoms with E-state index in [1.54, 1.807) is 24.0 Å². The van der Waals surface area contributed by atoms with Gasteiger partial charge in [0.05, 0.1) is 6.04 Å². The lowest BCUT2D eigenvalue weighted by Crippen LogP contribution is -2.31. The molecule has 0 spiro atoms. The van der Waals surface area contributed by atoms with Crippen LogP contribution in [0.1, 0.15) is 18.5 Å². The molecule has 1 aromatic carbocycles. The molecule has 0 saturated heterocycles. The number of urea groups is 1. The van der Waals surface area contributed by atoms with Crippen LogP contribution in [-0.2, 0) is 7.05 Å². The van der Waals surface area contributed by atoms with Gasteiger partial charge < -0.3 is 5.32 Å². The molecule has 5 nitrogen and oxygen atoms in total. The molecule has 2 aromatic rings. The Morgan fingerprint density at radius 1 is 1.37 bits per heavy atom. The number of carbonyl (C=O) groups is 1. The maximum absolute atomic E-state index is 11.8. The monoisotopic (exact) mass is 322 g/mol. The van der Waals surface area contributed by atoms with E-state index in [0.29, 0.717) is 5.82 Å². The van der Waals surface area contributed by atoms with E-state index in [-0.39, 0.29) is 12.1 Å². The fourth-order valence-corrected chi connectivity index (χ4v) is 2.36. The van der Waals surface area contributed by atoms with Crippen molar-refractivity contribution in [1.29, 1.82) is 0 Å². The molecular formula is C13H15BrN4O. The van der Waals surface area contributed by atoms with Crippen LogP contribution in [0.4, 0.5) is 10.6 Å². The third-order valence-corrected chi connectivity index (χ3v) is 3.40. The number of hydrogen-bond acceptors (Lipinski definition) is 2. The normalized spacial score (nSPS) is 11.9. The van der Waals surface area contributed by atoms with Crippen molar-refractivity contribution < 1.29 is 4.79 Å². The summed E-state index contributed by atoms with van der Waals surface area (Å²) >= 11 is 3.47. The molecule has 2 rings (SSSR count). The molecule has 0 aliphatic carbocycles. The predicted octanol–water partition coefficient (Wildman–Crippen LogP) is 3.07. The van der Waals surface area contributed by atoms with Crippen molar-refractivity contribution in [3.63, 3.8) is 0 Å². The zero-order valence-corrected chi connectivity index (χ0v) is 12.3. The number of aromatic nitrogens is 2. The summed E-state index contributed by atoms with van der Waals surface area (Å²) in [6, 6.07) is 9.16. The third-order valence-electron chi connectivity index (χ3n) is 2.67. The minimum absolute atomic E-state index is 0.0979. The van der Waals surface area contributed by atoms with E-state index in [4.69, 9.17) is 0 Å². The van der Waals surface area contributed by atoms with Crippen molar-refractivity contribution in [2.75, 3.05) is 5.32 Å². The van der Waals surface area contributed by atoms with Crippen molar-refractivity contribution in [2.45, 2.75) is 13.0 Å². The Bertz CT molecular complexity index is 582. The summed E-state index contributed by atoms with van der Waals surface area (Å²) < 4.78 is 2.60. The van der Waals surface area contributed by atoms with Crippen molar-refractivity contribution in [3.8, 4) is 0 Å². The van der Waals surface area contributed by atoms with Crippen LogP contribution >= 0.6 is 15.9 Å². The highest BCUT2D eigenvalue weighted by atomic mass is 79.9. The van der Waals surface area contributed by atoms with E-state index in [1.807, 2.05) is 31.2 Å². The minimum atomic E-state index is -0.276. The quantitative estimate of drug-likeness (QED) is 0.912.